The molecule has 0 saturated heterocycles. The second-order valence-electron chi connectivity index (χ2n) is 5.80. The van der Waals surface area contributed by atoms with Crippen LogP contribution in [0.15, 0.2) is 18.3 Å². The minimum atomic E-state index is 0.402. The first-order valence-electron chi connectivity index (χ1n) is 7.61. The third-order valence-corrected chi connectivity index (χ3v) is 4.12. The van der Waals surface area contributed by atoms with Crippen molar-refractivity contribution >= 4 is 5.82 Å². The summed E-state index contributed by atoms with van der Waals surface area (Å²) in [6, 6.07) is 4.75. The van der Waals surface area contributed by atoms with Gasteiger partial charge in [0.05, 0.1) is 0 Å². The van der Waals surface area contributed by atoms with E-state index >= 15 is 0 Å². The molecule has 1 unspecified atom stereocenters. The van der Waals surface area contributed by atoms with E-state index < -0.39 is 0 Å². The molecule has 1 N–H and O–H groups in total. The molecule has 19 heavy (non-hydrogen) atoms. The van der Waals surface area contributed by atoms with Crippen LogP contribution in [0.2, 0.25) is 0 Å². The van der Waals surface area contributed by atoms with E-state index in [-0.39, 0.29) is 0 Å². The largest absolute Gasteiger partial charge is 0.359 e. The van der Waals surface area contributed by atoms with Gasteiger partial charge in [-0.25, -0.2) is 4.98 Å². The van der Waals surface area contributed by atoms with Crippen LogP contribution < -0.4 is 10.2 Å². The van der Waals surface area contributed by atoms with Gasteiger partial charge in [0.1, 0.15) is 5.82 Å². The van der Waals surface area contributed by atoms with Crippen LogP contribution in [0.1, 0.15) is 51.1 Å². The molecule has 1 atom stereocenters. The molecule has 3 nitrogen and oxygen atoms in total. The average Bonchev–Trinajstić information content (AvgIpc) is 2.40. The van der Waals surface area contributed by atoms with Crippen LogP contribution in [-0.4, -0.2) is 25.1 Å². The maximum Gasteiger partial charge on any atom is 0.128 e. The number of pyridine rings is 1. The fourth-order valence-electron chi connectivity index (χ4n) is 2.55. The lowest BCUT2D eigenvalue weighted by molar-refractivity contribution is 0.321. The Hall–Kier alpha value is -1.09. The molecule has 1 aromatic heterocycles. The van der Waals surface area contributed by atoms with Gasteiger partial charge in [0.15, 0.2) is 0 Å². The summed E-state index contributed by atoms with van der Waals surface area (Å²) in [7, 11) is 2.16. The van der Waals surface area contributed by atoms with Gasteiger partial charge in [-0.15, -0.1) is 0 Å². The fourth-order valence-corrected chi connectivity index (χ4v) is 2.55. The van der Waals surface area contributed by atoms with E-state index in [1.165, 1.54) is 31.2 Å². The highest BCUT2D eigenvalue weighted by Crippen LogP contribution is 2.28. The van der Waals surface area contributed by atoms with Gasteiger partial charge in [0, 0.05) is 25.8 Å². The van der Waals surface area contributed by atoms with E-state index in [1.54, 1.807) is 0 Å². The van der Waals surface area contributed by atoms with Crippen molar-refractivity contribution in [3.05, 3.63) is 23.9 Å². The first-order chi connectivity index (χ1) is 9.20. The summed E-state index contributed by atoms with van der Waals surface area (Å²) < 4.78 is 0. The van der Waals surface area contributed by atoms with Crippen molar-refractivity contribution in [3.8, 4) is 0 Å². The van der Waals surface area contributed by atoms with E-state index in [2.05, 4.69) is 48.2 Å². The van der Waals surface area contributed by atoms with Crippen LogP contribution in [0.3, 0.4) is 0 Å². The molecular weight excluding hydrogens is 234 g/mol. The zero-order chi connectivity index (χ0) is 13.7. The first kappa shape index (κ1) is 14.3. The van der Waals surface area contributed by atoms with Crippen LogP contribution in [0.5, 0.6) is 0 Å². The van der Waals surface area contributed by atoms with Crippen molar-refractivity contribution in [2.24, 2.45) is 5.92 Å². The molecule has 3 heteroatoms. The molecule has 1 fully saturated rings. The van der Waals surface area contributed by atoms with Gasteiger partial charge in [-0.05, 0) is 56.3 Å². The molecule has 0 radical (unpaired) electrons. The molecule has 1 aromatic rings. The summed E-state index contributed by atoms with van der Waals surface area (Å²) >= 11 is 0. The maximum atomic E-state index is 4.51. The van der Waals surface area contributed by atoms with Crippen molar-refractivity contribution in [3.63, 3.8) is 0 Å². The molecule has 1 heterocycles. The highest BCUT2D eigenvalue weighted by molar-refractivity contribution is 5.41. The Morgan fingerprint density at radius 3 is 2.89 bits per heavy atom. The second kappa shape index (κ2) is 6.90. The Morgan fingerprint density at radius 2 is 2.26 bits per heavy atom. The summed E-state index contributed by atoms with van der Waals surface area (Å²) in [5.74, 6) is 1.99. The van der Waals surface area contributed by atoms with E-state index in [0.717, 1.165) is 24.8 Å². The number of hydrogen-bond donors (Lipinski definition) is 1. The van der Waals surface area contributed by atoms with E-state index in [4.69, 9.17) is 0 Å². The Kier molecular flexibility index (Phi) is 5.20. The van der Waals surface area contributed by atoms with Crippen molar-refractivity contribution in [2.75, 3.05) is 25.0 Å². The van der Waals surface area contributed by atoms with Gasteiger partial charge < -0.3 is 10.2 Å². The van der Waals surface area contributed by atoms with Gasteiger partial charge in [0.25, 0.3) is 0 Å². The fraction of sp³-hybridized carbons (Fsp3) is 0.688. The summed E-state index contributed by atoms with van der Waals surface area (Å²) in [5.41, 5.74) is 1.33. The highest BCUT2D eigenvalue weighted by Gasteiger charge is 2.19. The van der Waals surface area contributed by atoms with Gasteiger partial charge in [0.2, 0.25) is 0 Å². The molecule has 0 aliphatic heterocycles. The quantitative estimate of drug-likeness (QED) is 0.815. The van der Waals surface area contributed by atoms with Gasteiger partial charge in [-0.1, -0.05) is 13.3 Å². The van der Waals surface area contributed by atoms with Crippen molar-refractivity contribution in [1.29, 1.82) is 0 Å². The van der Waals surface area contributed by atoms with Crippen molar-refractivity contribution < 1.29 is 0 Å². The Labute approximate surface area is 117 Å². The second-order valence-corrected chi connectivity index (χ2v) is 5.80. The third-order valence-electron chi connectivity index (χ3n) is 4.12. The molecule has 0 bridgehead atoms. The number of hydrogen-bond acceptors (Lipinski definition) is 3. The van der Waals surface area contributed by atoms with Crippen LogP contribution >= 0.6 is 0 Å². The Morgan fingerprint density at radius 1 is 1.47 bits per heavy atom. The SMILES string of the molecule is CCCNC(C)c1ccnc(N(C)CC2CCC2)c1. The maximum absolute atomic E-state index is 4.51. The smallest absolute Gasteiger partial charge is 0.128 e. The number of nitrogens with one attached hydrogen (secondary N) is 1. The van der Waals surface area contributed by atoms with Gasteiger partial charge >= 0.3 is 0 Å². The molecule has 0 amide bonds. The number of nitrogens with zero attached hydrogens (tertiary/aromatic N) is 2. The normalized spacial score (nSPS) is 17.0. The predicted octanol–water partition coefficient (Wildman–Crippen LogP) is 3.38. The zero-order valence-corrected chi connectivity index (χ0v) is 12.5. The van der Waals surface area contributed by atoms with Crippen molar-refractivity contribution in [1.82, 2.24) is 10.3 Å². The standard InChI is InChI=1S/C16H27N3/c1-4-9-17-13(2)15-8-10-18-16(11-15)19(3)12-14-6-5-7-14/h8,10-11,13-14,17H,4-7,9,12H2,1-3H3. The van der Waals surface area contributed by atoms with Gasteiger partial charge in [-0.2, -0.15) is 0 Å². The van der Waals surface area contributed by atoms with E-state index in [0.29, 0.717) is 6.04 Å². The monoisotopic (exact) mass is 261 g/mol. The molecule has 1 saturated carbocycles. The minimum absolute atomic E-state index is 0.402. The molecule has 1 aliphatic carbocycles. The number of rotatable bonds is 7. The molecular formula is C16H27N3. The minimum Gasteiger partial charge on any atom is -0.359 e. The highest BCUT2D eigenvalue weighted by atomic mass is 15.2. The van der Waals surface area contributed by atoms with E-state index in [9.17, 15) is 0 Å². The van der Waals surface area contributed by atoms with Crippen LogP contribution in [0.25, 0.3) is 0 Å². The molecule has 0 aromatic carbocycles. The summed E-state index contributed by atoms with van der Waals surface area (Å²) in [6.45, 7) is 6.63. The summed E-state index contributed by atoms with van der Waals surface area (Å²) in [4.78, 5) is 6.82. The predicted molar refractivity (Wildman–Crippen MR) is 81.6 cm³/mol. The van der Waals surface area contributed by atoms with E-state index in [1.807, 2.05) is 6.20 Å². The summed E-state index contributed by atoms with van der Waals surface area (Å²) in [5, 5.41) is 3.53. The van der Waals surface area contributed by atoms with Crippen LogP contribution in [0.4, 0.5) is 5.82 Å². The average molecular weight is 261 g/mol. The third kappa shape index (κ3) is 3.93. The topological polar surface area (TPSA) is 28.2 Å². The lowest BCUT2D eigenvalue weighted by atomic mass is 9.85. The van der Waals surface area contributed by atoms with Gasteiger partial charge in [-0.3, -0.25) is 0 Å². The molecule has 0 spiro atoms. The van der Waals surface area contributed by atoms with Crippen molar-refractivity contribution in [2.45, 2.75) is 45.6 Å². The Balaban J connectivity index is 1.96. The molecule has 106 valence electrons. The lowest BCUT2D eigenvalue weighted by Crippen LogP contribution is -2.30. The Bertz CT molecular complexity index is 387. The van der Waals surface area contributed by atoms with Crippen LogP contribution in [-0.2, 0) is 0 Å². The molecule has 2 rings (SSSR count). The molecule has 1 aliphatic rings. The lowest BCUT2D eigenvalue weighted by Gasteiger charge is -2.31. The number of aromatic nitrogens is 1. The first-order valence-corrected chi connectivity index (χ1v) is 7.61. The van der Waals surface area contributed by atoms with Crippen LogP contribution in [0, 0.1) is 5.92 Å². The zero-order valence-electron chi connectivity index (χ0n) is 12.5. The summed E-state index contributed by atoms with van der Waals surface area (Å²) in [6.07, 6.45) is 7.29. The number of anilines is 1.